The molecule has 1 atom stereocenters. The van der Waals surface area contributed by atoms with Gasteiger partial charge < -0.3 is 14.4 Å². The summed E-state index contributed by atoms with van der Waals surface area (Å²) in [5.74, 6) is -0.143. The van der Waals surface area contributed by atoms with Crippen LogP contribution in [0.15, 0.2) is 42.5 Å². The number of likely N-dealkylation sites (N-methyl/N-ethyl adjacent to an activating group) is 1. The maximum Gasteiger partial charge on any atom is 0.344 e. The van der Waals surface area contributed by atoms with E-state index in [4.69, 9.17) is 9.47 Å². The smallest absolute Gasteiger partial charge is 0.344 e. The number of carbonyl (C=O) groups excluding carboxylic acids is 2. The number of carbonyl (C=O) groups is 2. The molecular weight excluding hydrogens is 342 g/mol. The molecule has 2 aromatic rings. The van der Waals surface area contributed by atoms with Crippen molar-refractivity contribution in [2.75, 3.05) is 13.7 Å². The highest BCUT2D eigenvalue weighted by Crippen LogP contribution is 2.24. The Hall–Kier alpha value is -2.82. The summed E-state index contributed by atoms with van der Waals surface area (Å²) in [6.07, 6.45) is -0.866. The van der Waals surface area contributed by atoms with Crippen LogP contribution in [-0.2, 0) is 20.9 Å². The van der Waals surface area contributed by atoms with Gasteiger partial charge in [-0.2, -0.15) is 0 Å². The first-order valence-corrected chi connectivity index (χ1v) is 8.97. The SMILES string of the molecule is Cc1cc(C)c(OCC(=O)O[C@H](C)C(=O)N(C)Cc2ccccc2)c(C)c1. The van der Waals surface area contributed by atoms with Gasteiger partial charge >= 0.3 is 5.97 Å². The Bertz CT molecular complexity index is 778. The largest absolute Gasteiger partial charge is 0.481 e. The number of esters is 1. The molecular formula is C22H27NO4. The lowest BCUT2D eigenvalue weighted by Gasteiger charge is -2.21. The highest BCUT2D eigenvalue weighted by Gasteiger charge is 2.22. The molecule has 0 aliphatic heterocycles. The normalized spacial score (nSPS) is 11.6. The van der Waals surface area contributed by atoms with Crippen molar-refractivity contribution in [3.63, 3.8) is 0 Å². The Morgan fingerprint density at radius 2 is 1.63 bits per heavy atom. The van der Waals surface area contributed by atoms with Gasteiger partial charge in [-0.15, -0.1) is 0 Å². The number of amides is 1. The average Bonchev–Trinajstić information content (AvgIpc) is 2.60. The summed E-state index contributed by atoms with van der Waals surface area (Å²) in [7, 11) is 1.69. The van der Waals surface area contributed by atoms with Gasteiger partial charge in [-0.3, -0.25) is 4.79 Å². The van der Waals surface area contributed by atoms with Gasteiger partial charge in [0.2, 0.25) is 0 Å². The van der Waals surface area contributed by atoms with Gasteiger partial charge in [-0.05, 0) is 44.4 Å². The molecule has 0 saturated heterocycles. The number of hydrogen-bond donors (Lipinski definition) is 0. The van der Waals surface area contributed by atoms with Crippen LogP contribution in [-0.4, -0.2) is 36.5 Å². The molecule has 0 saturated carbocycles. The van der Waals surface area contributed by atoms with E-state index in [-0.39, 0.29) is 12.5 Å². The summed E-state index contributed by atoms with van der Waals surface area (Å²) in [4.78, 5) is 26.0. The fourth-order valence-electron chi connectivity index (χ4n) is 3.05. The van der Waals surface area contributed by atoms with Crippen LogP contribution in [0.1, 0.15) is 29.2 Å². The molecule has 2 rings (SSSR count). The minimum Gasteiger partial charge on any atom is -0.481 e. The Kier molecular flexibility index (Phi) is 6.99. The van der Waals surface area contributed by atoms with E-state index >= 15 is 0 Å². The van der Waals surface area contributed by atoms with Gasteiger partial charge in [-0.25, -0.2) is 4.79 Å². The minimum absolute atomic E-state index is 0.231. The third-order valence-electron chi connectivity index (χ3n) is 4.23. The summed E-state index contributed by atoms with van der Waals surface area (Å²) in [6, 6.07) is 13.7. The van der Waals surface area contributed by atoms with Gasteiger partial charge in [0.05, 0.1) is 0 Å². The highest BCUT2D eigenvalue weighted by atomic mass is 16.6. The zero-order chi connectivity index (χ0) is 20.0. The zero-order valence-electron chi connectivity index (χ0n) is 16.6. The Balaban J connectivity index is 1.87. The van der Waals surface area contributed by atoms with E-state index in [9.17, 15) is 9.59 Å². The molecule has 27 heavy (non-hydrogen) atoms. The summed E-state index contributed by atoms with van der Waals surface area (Å²) < 4.78 is 10.9. The van der Waals surface area contributed by atoms with Crippen LogP contribution in [0.2, 0.25) is 0 Å². The van der Waals surface area contributed by atoms with E-state index in [0.717, 1.165) is 22.3 Å². The first kappa shape index (κ1) is 20.5. The van der Waals surface area contributed by atoms with E-state index in [1.807, 2.05) is 63.2 Å². The standard InChI is InChI=1S/C22H27NO4/c1-15-11-16(2)21(17(3)12-15)26-14-20(24)27-18(4)22(25)23(5)13-19-9-7-6-8-10-19/h6-12,18H,13-14H2,1-5H3/t18-/m1/s1. The number of aryl methyl sites for hydroxylation is 3. The Labute approximate surface area is 160 Å². The quantitative estimate of drug-likeness (QED) is 0.700. The molecule has 0 fully saturated rings. The third-order valence-corrected chi connectivity index (χ3v) is 4.23. The highest BCUT2D eigenvalue weighted by molar-refractivity contribution is 5.83. The minimum atomic E-state index is -0.866. The summed E-state index contributed by atoms with van der Waals surface area (Å²) in [6.45, 7) is 7.68. The molecule has 0 aliphatic carbocycles. The number of nitrogens with zero attached hydrogens (tertiary/aromatic N) is 1. The monoisotopic (exact) mass is 369 g/mol. The van der Waals surface area contributed by atoms with Crippen LogP contribution in [0, 0.1) is 20.8 Å². The summed E-state index contributed by atoms with van der Waals surface area (Å²) in [5.41, 5.74) is 4.08. The molecule has 0 bridgehead atoms. The van der Waals surface area contributed by atoms with Crippen molar-refractivity contribution >= 4 is 11.9 Å². The average molecular weight is 369 g/mol. The van der Waals surface area contributed by atoms with E-state index < -0.39 is 12.1 Å². The molecule has 5 nitrogen and oxygen atoms in total. The summed E-state index contributed by atoms with van der Waals surface area (Å²) >= 11 is 0. The van der Waals surface area contributed by atoms with E-state index in [0.29, 0.717) is 12.3 Å². The fourth-order valence-corrected chi connectivity index (χ4v) is 3.05. The van der Waals surface area contributed by atoms with Crippen LogP contribution in [0.5, 0.6) is 5.75 Å². The van der Waals surface area contributed by atoms with Crippen molar-refractivity contribution in [1.82, 2.24) is 4.90 Å². The van der Waals surface area contributed by atoms with Gasteiger partial charge in [0, 0.05) is 13.6 Å². The summed E-state index contributed by atoms with van der Waals surface area (Å²) in [5, 5.41) is 0. The predicted molar refractivity (Wildman–Crippen MR) is 105 cm³/mol. The Morgan fingerprint density at radius 1 is 1.04 bits per heavy atom. The van der Waals surface area contributed by atoms with Gasteiger partial charge in [0.1, 0.15) is 5.75 Å². The van der Waals surface area contributed by atoms with Gasteiger partial charge in [0.25, 0.3) is 5.91 Å². The van der Waals surface area contributed by atoms with Crippen LogP contribution in [0.25, 0.3) is 0 Å². The fraction of sp³-hybridized carbons (Fsp3) is 0.364. The Morgan fingerprint density at radius 3 is 2.22 bits per heavy atom. The molecule has 0 radical (unpaired) electrons. The third kappa shape index (κ3) is 5.84. The number of benzene rings is 2. The van der Waals surface area contributed by atoms with Gasteiger partial charge in [-0.1, -0.05) is 48.0 Å². The second kappa shape index (κ2) is 9.21. The zero-order valence-corrected chi connectivity index (χ0v) is 16.6. The molecule has 0 aromatic heterocycles. The molecule has 1 amide bonds. The predicted octanol–water partition coefficient (Wildman–Crippen LogP) is 3.58. The van der Waals surface area contributed by atoms with Crippen molar-refractivity contribution < 1.29 is 19.1 Å². The molecule has 144 valence electrons. The van der Waals surface area contributed by atoms with E-state index in [2.05, 4.69) is 0 Å². The van der Waals surface area contributed by atoms with Crippen molar-refractivity contribution in [1.29, 1.82) is 0 Å². The lowest BCUT2D eigenvalue weighted by Crippen LogP contribution is -2.37. The molecule has 0 N–H and O–H groups in total. The van der Waals surface area contributed by atoms with Crippen molar-refractivity contribution in [3.8, 4) is 5.75 Å². The maximum atomic E-state index is 12.4. The van der Waals surface area contributed by atoms with Gasteiger partial charge in [0.15, 0.2) is 12.7 Å². The topological polar surface area (TPSA) is 55.8 Å². The lowest BCUT2D eigenvalue weighted by atomic mass is 10.1. The molecule has 2 aromatic carbocycles. The molecule has 0 spiro atoms. The van der Waals surface area contributed by atoms with Crippen LogP contribution in [0.4, 0.5) is 0 Å². The van der Waals surface area contributed by atoms with Crippen LogP contribution < -0.4 is 4.74 Å². The number of ether oxygens (including phenoxy) is 2. The van der Waals surface area contributed by atoms with Crippen molar-refractivity contribution in [2.45, 2.75) is 40.3 Å². The van der Waals surface area contributed by atoms with E-state index in [1.54, 1.807) is 18.9 Å². The van der Waals surface area contributed by atoms with Crippen LogP contribution in [0.3, 0.4) is 0 Å². The lowest BCUT2D eigenvalue weighted by molar-refractivity contribution is -0.160. The molecule has 0 heterocycles. The first-order valence-electron chi connectivity index (χ1n) is 8.97. The molecule has 0 aliphatic rings. The van der Waals surface area contributed by atoms with Crippen LogP contribution >= 0.6 is 0 Å². The first-order chi connectivity index (χ1) is 12.8. The van der Waals surface area contributed by atoms with Crippen molar-refractivity contribution in [2.24, 2.45) is 0 Å². The maximum absolute atomic E-state index is 12.4. The number of hydrogen-bond acceptors (Lipinski definition) is 4. The van der Waals surface area contributed by atoms with E-state index in [1.165, 1.54) is 0 Å². The second-order valence-electron chi connectivity index (χ2n) is 6.83. The molecule has 5 heteroatoms. The molecule has 0 unspecified atom stereocenters. The number of rotatable bonds is 7. The second-order valence-corrected chi connectivity index (χ2v) is 6.83. The van der Waals surface area contributed by atoms with Crippen molar-refractivity contribution in [3.05, 3.63) is 64.7 Å².